The Hall–Kier alpha value is -1.07. The highest BCUT2D eigenvalue weighted by Crippen LogP contribution is 2.29. The van der Waals surface area contributed by atoms with Crippen molar-refractivity contribution in [3.8, 4) is 0 Å². The summed E-state index contributed by atoms with van der Waals surface area (Å²) in [6.07, 6.45) is 0.880. The van der Waals surface area contributed by atoms with E-state index in [0.29, 0.717) is 0 Å². The molecule has 1 saturated heterocycles. The minimum absolute atomic E-state index is 0.0459. The molecular formula is C10H14N2O2S. The zero-order chi connectivity index (χ0) is 10.8. The van der Waals surface area contributed by atoms with E-state index in [0.717, 1.165) is 18.0 Å². The molecule has 1 aromatic rings. The molecule has 15 heavy (non-hydrogen) atoms. The fraction of sp³-hybridized carbons (Fsp3) is 0.500. The number of rotatable bonds is 3. The lowest BCUT2D eigenvalue weighted by Crippen LogP contribution is -2.46. The van der Waals surface area contributed by atoms with E-state index in [1.54, 1.807) is 11.3 Å². The number of carboxylic acids is 1. The second kappa shape index (κ2) is 4.20. The van der Waals surface area contributed by atoms with Gasteiger partial charge in [-0.05, 0) is 31.0 Å². The molecule has 82 valence electrons. The lowest BCUT2D eigenvalue weighted by molar-refractivity contribution is -0.138. The molecule has 0 radical (unpaired) electrons. The Morgan fingerprint density at radius 1 is 1.73 bits per heavy atom. The van der Waals surface area contributed by atoms with Crippen LogP contribution in [0.1, 0.15) is 6.42 Å². The van der Waals surface area contributed by atoms with Crippen molar-refractivity contribution in [2.75, 3.05) is 18.5 Å². The highest BCUT2D eigenvalue weighted by atomic mass is 32.1. The van der Waals surface area contributed by atoms with Crippen LogP contribution in [0.25, 0.3) is 0 Å². The fourth-order valence-electron chi connectivity index (χ4n) is 2.08. The molecule has 1 unspecified atom stereocenters. The normalized spacial score (nSPS) is 25.8. The van der Waals surface area contributed by atoms with E-state index >= 15 is 0 Å². The summed E-state index contributed by atoms with van der Waals surface area (Å²) in [7, 11) is 1.82. The van der Waals surface area contributed by atoms with Crippen LogP contribution < -0.4 is 10.2 Å². The Labute approximate surface area is 92.5 Å². The summed E-state index contributed by atoms with van der Waals surface area (Å²) in [5, 5.41) is 15.3. The van der Waals surface area contributed by atoms with Crippen LogP contribution in [0.2, 0.25) is 0 Å². The van der Waals surface area contributed by atoms with Gasteiger partial charge in [-0.25, -0.2) is 4.79 Å². The third-order valence-corrected chi connectivity index (χ3v) is 3.72. The summed E-state index contributed by atoms with van der Waals surface area (Å²) in [4.78, 5) is 13.2. The third kappa shape index (κ3) is 1.85. The quantitative estimate of drug-likeness (QED) is 0.807. The first-order valence-electron chi connectivity index (χ1n) is 4.94. The molecule has 2 rings (SSSR count). The largest absolute Gasteiger partial charge is 0.480 e. The highest BCUT2D eigenvalue weighted by molar-refractivity contribution is 7.14. The average Bonchev–Trinajstić information content (AvgIpc) is 2.85. The molecule has 0 bridgehead atoms. The number of nitrogens with zero attached hydrogens (tertiary/aromatic N) is 1. The molecule has 2 atom stereocenters. The Balaban J connectivity index is 2.22. The zero-order valence-corrected chi connectivity index (χ0v) is 9.33. The predicted molar refractivity (Wildman–Crippen MR) is 60.6 cm³/mol. The summed E-state index contributed by atoms with van der Waals surface area (Å²) in [6.45, 7) is 0.809. The second-order valence-electron chi connectivity index (χ2n) is 3.61. The second-order valence-corrected chi connectivity index (χ2v) is 4.54. The van der Waals surface area contributed by atoms with Crippen molar-refractivity contribution in [1.29, 1.82) is 0 Å². The number of nitrogens with one attached hydrogen (secondary N) is 1. The van der Waals surface area contributed by atoms with Crippen molar-refractivity contribution in [2.45, 2.75) is 18.5 Å². The molecule has 1 aliphatic heterocycles. The van der Waals surface area contributed by atoms with Crippen molar-refractivity contribution in [1.82, 2.24) is 5.32 Å². The van der Waals surface area contributed by atoms with Crippen LogP contribution in [0.4, 0.5) is 5.00 Å². The van der Waals surface area contributed by atoms with Gasteiger partial charge in [-0.3, -0.25) is 0 Å². The van der Waals surface area contributed by atoms with E-state index in [9.17, 15) is 9.90 Å². The molecule has 2 heterocycles. The summed E-state index contributed by atoms with van der Waals surface area (Å²) < 4.78 is 0. The third-order valence-electron chi connectivity index (χ3n) is 2.81. The molecule has 0 saturated carbocycles. The Morgan fingerprint density at radius 2 is 2.53 bits per heavy atom. The number of carboxylic acid groups (broad SMARTS) is 1. The maximum absolute atomic E-state index is 11.2. The van der Waals surface area contributed by atoms with Gasteiger partial charge in [-0.15, -0.1) is 11.3 Å². The molecule has 2 N–H and O–H groups in total. The van der Waals surface area contributed by atoms with E-state index in [4.69, 9.17) is 0 Å². The van der Waals surface area contributed by atoms with Gasteiger partial charge < -0.3 is 15.3 Å². The van der Waals surface area contributed by atoms with Gasteiger partial charge in [-0.2, -0.15) is 0 Å². The first-order valence-corrected chi connectivity index (χ1v) is 5.82. The molecule has 1 aliphatic rings. The molecule has 0 aromatic carbocycles. The van der Waals surface area contributed by atoms with Crippen molar-refractivity contribution in [2.24, 2.45) is 0 Å². The smallest absolute Gasteiger partial charge is 0.327 e. The van der Waals surface area contributed by atoms with Crippen LogP contribution in [0.15, 0.2) is 17.5 Å². The Kier molecular flexibility index (Phi) is 2.93. The fourth-order valence-corrected chi connectivity index (χ4v) is 2.87. The molecule has 4 nitrogen and oxygen atoms in total. The average molecular weight is 226 g/mol. The lowest BCUT2D eigenvalue weighted by Gasteiger charge is -2.24. The number of hydrogen-bond donors (Lipinski definition) is 2. The highest BCUT2D eigenvalue weighted by Gasteiger charge is 2.38. The van der Waals surface area contributed by atoms with Crippen LogP contribution in [0.5, 0.6) is 0 Å². The van der Waals surface area contributed by atoms with Gasteiger partial charge in [0.1, 0.15) is 6.04 Å². The minimum atomic E-state index is -0.750. The van der Waals surface area contributed by atoms with Crippen molar-refractivity contribution >= 4 is 22.3 Å². The summed E-state index contributed by atoms with van der Waals surface area (Å²) in [5.41, 5.74) is 0. The summed E-state index contributed by atoms with van der Waals surface area (Å²) in [6, 6.07) is 3.53. The summed E-state index contributed by atoms with van der Waals surface area (Å²) >= 11 is 1.59. The van der Waals surface area contributed by atoms with Crippen LogP contribution in [-0.4, -0.2) is 36.8 Å². The Bertz CT molecular complexity index is 339. The molecule has 1 aromatic heterocycles. The Morgan fingerprint density at radius 3 is 3.07 bits per heavy atom. The van der Waals surface area contributed by atoms with Gasteiger partial charge in [0, 0.05) is 12.6 Å². The lowest BCUT2D eigenvalue weighted by atomic mass is 10.1. The van der Waals surface area contributed by atoms with E-state index in [1.165, 1.54) is 0 Å². The molecule has 0 spiro atoms. The van der Waals surface area contributed by atoms with Gasteiger partial charge in [0.2, 0.25) is 0 Å². The van der Waals surface area contributed by atoms with Gasteiger partial charge >= 0.3 is 5.97 Å². The van der Waals surface area contributed by atoms with Crippen molar-refractivity contribution in [3.63, 3.8) is 0 Å². The molecule has 0 aliphatic carbocycles. The number of anilines is 1. The van der Waals surface area contributed by atoms with Gasteiger partial charge in [0.25, 0.3) is 0 Å². The van der Waals surface area contributed by atoms with Gasteiger partial charge in [0.05, 0.1) is 5.00 Å². The first kappa shape index (κ1) is 10.4. The topological polar surface area (TPSA) is 52.6 Å². The zero-order valence-electron chi connectivity index (χ0n) is 8.51. The number of hydrogen-bond acceptors (Lipinski definition) is 4. The van der Waals surface area contributed by atoms with E-state index in [-0.39, 0.29) is 6.04 Å². The van der Waals surface area contributed by atoms with Crippen molar-refractivity contribution < 1.29 is 9.90 Å². The predicted octanol–water partition coefficient (Wildman–Crippen LogP) is 0.999. The standard InChI is InChI=1S/C10H14N2O2S/c1-11-7-4-5-12(9(7)10(13)14)8-3-2-6-15-8/h2-3,6-7,9,11H,4-5H2,1H3,(H,13,14)/t7?,9-/m0/s1. The van der Waals surface area contributed by atoms with Gasteiger partial charge in [-0.1, -0.05) is 0 Å². The summed E-state index contributed by atoms with van der Waals surface area (Å²) in [5.74, 6) is -0.750. The van der Waals surface area contributed by atoms with Crippen molar-refractivity contribution in [3.05, 3.63) is 17.5 Å². The maximum atomic E-state index is 11.2. The number of carbonyl (C=O) groups is 1. The van der Waals surface area contributed by atoms with E-state index in [1.807, 2.05) is 29.5 Å². The van der Waals surface area contributed by atoms with Crippen LogP contribution in [0.3, 0.4) is 0 Å². The first-order chi connectivity index (χ1) is 7.24. The van der Waals surface area contributed by atoms with Crippen LogP contribution >= 0.6 is 11.3 Å². The number of aliphatic carboxylic acids is 1. The number of thiophene rings is 1. The van der Waals surface area contributed by atoms with Crippen LogP contribution in [0, 0.1) is 0 Å². The minimum Gasteiger partial charge on any atom is -0.480 e. The van der Waals surface area contributed by atoms with E-state index < -0.39 is 12.0 Å². The van der Waals surface area contributed by atoms with Gasteiger partial charge in [0.15, 0.2) is 0 Å². The molecule has 5 heteroatoms. The molecular weight excluding hydrogens is 212 g/mol. The molecule has 0 amide bonds. The maximum Gasteiger partial charge on any atom is 0.327 e. The van der Waals surface area contributed by atoms with E-state index in [2.05, 4.69) is 5.32 Å². The van der Waals surface area contributed by atoms with Crippen LogP contribution in [-0.2, 0) is 4.79 Å². The monoisotopic (exact) mass is 226 g/mol. The molecule has 1 fully saturated rings. The number of likely N-dealkylation sites (N-methyl/N-ethyl adjacent to an activating group) is 1. The SMILES string of the molecule is CNC1CCN(c2cccs2)[C@@H]1C(=O)O.